The summed E-state index contributed by atoms with van der Waals surface area (Å²) in [5.74, 6) is -3.72. The van der Waals surface area contributed by atoms with Crippen LogP contribution >= 0.6 is 0 Å². The van der Waals surface area contributed by atoms with Crippen molar-refractivity contribution in [3.05, 3.63) is 104 Å². The van der Waals surface area contributed by atoms with E-state index in [1.807, 2.05) is 19.9 Å². The van der Waals surface area contributed by atoms with Gasteiger partial charge in [0.1, 0.15) is 0 Å². The molecular weight excluding hydrogens is 572 g/mol. The largest absolute Gasteiger partial charge is 0.481 e. The van der Waals surface area contributed by atoms with Gasteiger partial charge in [0, 0.05) is 33.7 Å². The fourth-order valence-electron chi connectivity index (χ4n) is 5.53. The molecule has 0 saturated heterocycles. The third-order valence-corrected chi connectivity index (χ3v) is 8.53. The predicted octanol–water partition coefficient (Wildman–Crippen LogP) is 5.30. The third kappa shape index (κ3) is 6.35. The van der Waals surface area contributed by atoms with Gasteiger partial charge in [-0.1, -0.05) is 39.2 Å². The molecule has 1 aromatic heterocycles. The Labute approximate surface area is 262 Å². The van der Waals surface area contributed by atoms with Crippen molar-refractivity contribution in [3.63, 3.8) is 0 Å². The first-order valence-corrected chi connectivity index (χ1v) is 14.6. The molecule has 4 rings (SSSR count). The number of amides is 2. The maximum atomic E-state index is 12.3. The fourth-order valence-corrected chi connectivity index (χ4v) is 5.53. The molecule has 1 aromatic rings. The van der Waals surface area contributed by atoms with Crippen molar-refractivity contribution >= 4 is 41.6 Å². The number of hydrogen-bond donors (Lipinski definition) is 5. The Morgan fingerprint density at radius 2 is 1.29 bits per heavy atom. The highest BCUT2D eigenvalue weighted by atomic mass is 16.4. The molecule has 10 nitrogen and oxygen atoms in total. The lowest BCUT2D eigenvalue weighted by atomic mass is 9.93. The van der Waals surface area contributed by atoms with Gasteiger partial charge < -0.3 is 25.8 Å². The molecular formula is C35H38N4O6. The van der Waals surface area contributed by atoms with Crippen LogP contribution in [0.5, 0.6) is 0 Å². The van der Waals surface area contributed by atoms with Gasteiger partial charge in [-0.3, -0.25) is 19.2 Å². The molecule has 3 aliphatic heterocycles. The van der Waals surface area contributed by atoms with Crippen molar-refractivity contribution in [2.45, 2.75) is 54.4 Å². The van der Waals surface area contributed by atoms with E-state index in [2.05, 4.69) is 28.8 Å². The van der Waals surface area contributed by atoms with Gasteiger partial charge in [-0.2, -0.15) is 0 Å². The van der Waals surface area contributed by atoms with Gasteiger partial charge in [0.05, 0.1) is 34.6 Å². The SMILES string of the molecule is C=CC1=C(C)C(=O)N/C1=C\C1=NC(=Cc2[nH]c(/C=C3\NC(=O)C(C)=C3C=C)c(C)c2C[C@@H](C)C(=O)O)C(C[C@H](C)C(=O)O)=C1C. The van der Waals surface area contributed by atoms with Crippen molar-refractivity contribution < 1.29 is 29.4 Å². The van der Waals surface area contributed by atoms with E-state index < -0.39 is 23.8 Å². The number of H-pyrrole nitrogens is 1. The van der Waals surface area contributed by atoms with Crippen LogP contribution in [0.1, 0.15) is 63.6 Å². The van der Waals surface area contributed by atoms with Gasteiger partial charge in [0.15, 0.2) is 0 Å². The Bertz CT molecular complexity index is 1790. The Kier molecular flexibility index (Phi) is 9.27. The Morgan fingerprint density at radius 3 is 1.80 bits per heavy atom. The number of rotatable bonds is 11. The van der Waals surface area contributed by atoms with Gasteiger partial charge in [-0.05, 0) is 81.0 Å². The highest BCUT2D eigenvalue weighted by Crippen LogP contribution is 2.36. The molecule has 0 saturated carbocycles. The van der Waals surface area contributed by atoms with Crippen LogP contribution in [0.25, 0.3) is 12.2 Å². The van der Waals surface area contributed by atoms with Crippen LogP contribution in [0, 0.1) is 18.8 Å². The molecule has 4 heterocycles. The summed E-state index contributed by atoms with van der Waals surface area (Å²) in [5, 5.41) is 25.1. The summed E-state index contributed by atoms with van der Waals surface area (Å²) in [4.78, 5) is 56.7. The van der Waals surface area contributed by atoms with E-state index in [1.165, 1.54) is 0 Å². The second-order valence-electron chi connectivity index (χ2n) is 11.6. The Hall–Kier alpha value is -5.25. The average molecular weight is 611 g/mol. The number of aliphatic imine (C=N–C) groups is 1. The van der Waals surface area contributed by atoms with Crippen LogP contribution in [-0.4, -0.2) is 44.7 Å². The van der Waals surface area contributed by atoms with E-state index in [-0.39, 0.29) is 24.7 Å². The number of aromatic nitrogens is 1. The first kappa shape index (κ1) is 32.7. The number of aromatic amines is 1. The number of nitrogens with zero attached hydrogens (tertiary/aromatic N) is 1. The molecule has 0 aromatic carbocycles. The second kappa shape index (κ2) is 12.8. The van der Waals surface area contributed by atoms with Gasteiger partial charge in [0.25, 0.3) is 11.8 Å². The van der Waals surface area contributed by atoms with E-state index in [1.54, 1.807) is 52.0 Å². The monoisotopic (exact) mass is 610 g/mol. The van der Waals surface area contributed by atoms with Crippen LogP contribution in [0.3, 0.4) is 0 Å². The number of carboxylic acids is 2. The lowest BCUT2D eigenvalue weighted by Crippen LogP contribution is -2.16. The number of aliphatic carboxylic acids is 2. The van der Waals surface area contributed by atoms with Crippen LogP contribution in [-0.2, 0) is 25.6 Å². The third-order valence-electron chi connectivity index (χ3n) is 8.53. The fraction of sp³-hybridized carbons (Fsp3) is 0.286. The lowest BCUT2D eigenvalue weighted by Gasteiger charge is -2.11. The number of nitrogens with one attached hydrogen (secondary N) is 3. The topological polar surface area (TPSA) is 161 Å². The molecule has 234 valence electrons. The van der Waals surface area contributed by atoms with Crippen LogP contribution in [0.4, 0.5) is 0 Å². The Morgan fingerprint density at radius 1 is 0.778 bits per heavy atom. The molecule has 5 N–H and O–H groups in total. The summed E-state index contributed by atoms with van der Waals surface area (Å²) < 4.78 is 0. The molecule has 3 aliphatic rings. The van der Waals surface area contributed by atoms with E-state index in [9.17, 15) is 29.4 Å². The smallest absolute Gasteiger partial charge is 0.306 e. The maximum absolute atomic E-state index is 12.3. The second-order valence-corrected chi connectivity index (χ2v) is 11.6. The number of carbonyl (C=O) groups excluding carboxylic acids is 2. The van der Waals surface area contributed by atoms with Crippen LogP contribution < -0.4 is 10.6 Å². The van der Waals surface area contributed by atoms with Crippen LogP contribution in [0.2, 0.25) is 0 Å². The quantitative estimate of drug-likeness (QED) is 0.229. The summed E-state index contributed by atoms with van der Waals surface area (Å²) in [6.45, 7) is 18.1. The van der Waals surface area contributed by atoms with Gasteiger partial charge in [0.2, 0.25) is 0 Å². The van der Waals surface area contributed by atoms with Gasteiger partial charge >= 0.3 is 11.9 Å². The molecule has 2 atom stereocenters. The molecule has 0 unspecified atom stereocenters. The molecule has 0 spiro atoms. The first-order valence-electron chi connectivity index (χ1n) is 14.6. The zero-order valence-corrected chi connectivity index (χ0v) is 26.3. The minimum atomic E-state index is -0.947. The Balaban J connectivity index is 1.90. The summed E-state index contributed by atoms with van der Waals surface area (Å²) in [6.07, 6.45) is 9.00. The van der Waals surface area contributed by atoms with E-state index in [4.69, 9.17) is 4.99 Å². The summed E-state index contributed by atoms with van der Waals surface area (Å²) in [6, 6.07) is 0. The van der Waals surface area contributed by atoms with Crippen molar-refractivity contribution in [1.29, 1.82) is 0 Å². The normalized spacial score (nSPS) is 20.8. The molecule has 0 aliphatic carbocycles. The van der Waals surface area contributed by atoms with Gasteiger partial charge in [-0.25, -0.2) is 4.99 Å². The number of hydrogen-bond acceptors (Lipinski definition) is 5. The van der Waals surface area contributed by atoms with Crippen molar-refractivity contribution in [3.8, 4) is 0 Å². The maximum Gasteiger partial charge on any atom is 0.306 e. The predicted molar refractivity (Wildman–Crippen MR) is 174 cm³/mol. The van der Waals surface area contributed by atoms with E-state index >= 15 is 0 Å². The summed E-state index contributed by atoms with van der Waals surface area (Å²) >= 11 is 0. The standard InChI is InChI=1S/C35H38N4O6/c1-9-22-20(7)32(40)38-28(22)13-26-18(5)24(11-16(3)34(42)43)30(36-26)15-31-25(12-17(4)35(44)45)19(6)27(37-31)14-29-23(10-2)21(8)33(41)39-29/h9-10,13-17,36H,1-2,11-12H2,3-8H3,(H,38,40)(H,39,41)(H,42,43)(H,44,45)/b28-13-,29-14-,31-15?/t16-,17+/m1/s1. The number of carbonyl (C=O) groups is 4. The zero-order chi connectivity index (χ0) is 33.3. The highest BCUT2D eigenvalue weighted by molar-refractivity contribution is 6.14. The molecule has 2 amide bonds. The zero-order valence-electron chi connectivity index (χ0n) is 26.3. The van der Waals surface area contributed by atoms with Crippen molar-refractivity contribution in [1.82, 2.24) is 15.6 Å². The van der Waals surface area contributed by atoms with Crippen molar-refractivity contribution in [2.75, 3.05) is 0 Å². The lowest BCUT2D eigenvalue weighted by molar-refractivity contribution is -0.142. The minimum Gasteiger partial charge on any atom is -0.481 e. The van der Waals surface area contributed by atoms with E-state index in [0.717, 1.165) is 22.3 Å². The number of allylic oxidation sites excluding steroid dienone is 5. The summed E-state index contributed by atoms with van der Waals surface area (Å²) in [5.41, 5.74) is 9.00. The van der Waals surface area contributed by atoms with Gasteiger partial charge in [-0.15, -0.1) is 0 Å². The van der Waals surface area contributed by atoms with Crippen molar-refractivity contribution in [2.24, 2.45) is 16.8 Å². The van der Waals surface area contributed by atoms with Crippen LogP contribution in [0.15, 0.2) is 86.9 Å². The van der Waals surface area contributed by atoms with E-state index in [0.29, 0.717) is 56.5 Å². The minimum absolute atomic E-state index is 0.203. The summed E-state index contributed by atoms with van der Waals surface area (Å²) in [7, 11) is 0. The number of carboxylic acid groups (broad SMARTS) is 2. The molecule has 0 fully saturated rings. The molecule has 10 heteroatoms. The molecule has 45 heavy (non-hydrogen) atoms. The molecule has 0 radical (unpaired) electrons. The molecule has 0 bridgehead atoms. The first-order chi connectivity index (χ1) is 21.2. The average Bonchev–Trinajstić information content (AvgIpc) is 3.62. The highest BCUT2D eigenvalue weighted by Gasteiger charge is 2.28.